The summed E-state index contributed by atoms with van der Waals surface area (Å²) in [6.07, 6.45) is 8.17. The fraction of sp³-hybridized carbons (Fsp3) is 0.300. The van der Waals surface area contributed by atoms with Crippen LogP contribution in [0.5, 0.6) is 0 Å². The van der Waals surface area contributed by atoms with E-state index in [4.69, 9.17) is 0 Å². The van der Waals surface area contributed by atoms with Gasteiger partial charge in [0.2, 0.25) is 5.95 Å². The summed E-state index contributed by atoms with van der Waals surface area (Å²) in [5, 5.41) is 6.70. The van der Waals surface area contributed by atoms with Crippen LogP contribution < -0.4 is 10.6 Å². The zero-order chi connectivity index (χ0) is 18.9. The van der Waals surface area contributed by atoms with Gasteiger partial charge in [-0.2, -0.15) is 4.98 Å². The molecular formula is C20H25N7. The SMILES string of the molecule is CN(C)CCCNc1nc(NCc2cccnc2)cc(-c2ccncc2)n1. The molecule has 0 amide bonds. The van der Waals surface area contributed by atoms with Crippen molar-refractivity contribution in [3.63, 3.8) is 0 Å². The first-order valence-electron chi connectivity index (χ1n) is 9.01. The molecule has 0 aliphatic heterocycles. The Morgan fingerprint density at radius 3 is 2.56 bits per heavy atom. The zero-order valence-electron chi connectivity index (χ0n) is 15.8. The predicted octanol–water partition coefficient (Wildman–Crippen LogP) is 2.91. The molecule has 7 heteroatoms. The Hall–Kier alpha value is -3.06. The number of rotatable bonds is 9. The third-order valence-corrected chi connectivity index (χ3v) is 3.96. The summed E-state index contributed by atoms with van der Waals surface area (Å²) in [4.78, 5) is 19.7. The molecule has 3 heterocycles. The molecule has 0 aliphatic carbocycles. The quantitative estimate of drug-likeness (QED) is 0.566. The minimum Gasteiger partial charge on any atom is -0.366 e. The molecule has 27 heavy (non-hydrogen) atoms. The molecule has 7 nitrogen and oxygen atoms in total. The van der Waals surface area contributed by atoms with Gasteiger partial charge >= 0.3 is 0 Å². The summed E-state index contributed by atoms with van der Waals surface area (Å²) >= 11 is 0. The van der Waals surface area contributed by atoms with Gasteiger partial charge in [0.25, 0.3) is 0 Å². The summed E-state index contributed by atoms with van der Waals surface area (Å²) in [6, 6.07) is 9.81. The van der Waals surface area contributed by atoms with Gasteiger partial charge in [0.15, 0.2) is 0 Å². The first kappa shape index (κ1) is 18.7. The molecule has 0 aliphatic rings. The lowest BCUT2D eigenvalue weighted by Gasteiger charge is -2.13. The van der Waals surface area contributed by atoms with Crippen LogP contribution in [-0.2, 0) is 6.54 Å². The van der Waals surface area contributed by atoms with E-state index in [1.165, 1.54) is 0 Å². The standard InChI is InChI=1S/C20H25N7/c1-27(2)12-4-9-23-20-25-18(17-6-10-21-11-7-17)13-19(26-20)24-15-16-5-3-8-22-14-16/h3,5-8,10-11,13-14H,4,9,12,15H2,1-2H3,(H2,23,24,25,26). The molecule has 3 aromatic rings. The minimum atomic E-state index is 0.622. The normalized spacial score (nSPS) is 10.8. The average Bonchev–Trinajstić information content (AvgIpc) is 2.71. The van der Waals surface area contributed by atoms with E-state index in [0.717, 1.165) is 42.1 Å². The topological polar surface area (TPSA) is 78.9 Å². The summed E-state index contributed by atoms with van der Waals surface area (Å²) in [6.45, 7) is 2.49. The van der Waals surface area contributed by atoms with Crippen LogP contribution in [0.15, 0.2) is 55.1 Å². The lowest BCUT2D eigenvalue weighted by atomic mass is 10.2. The minimum absolute atomic E-state index is 0.622. The molecule has 140 valence electrons. The second-order valence-electron chi connectivity index (χ2n) is 6.50. The molecule has 0 fully saturated rings. The van der Waals surface area contributed by atoms with Gasteiger partial charge in [-0.1, -0.05) is 6.07 Å². The van der Waals surface area contributed by atoms with Gasteiger partial charge < -0.3 is 15.5 Å². The van der Waals surface area contributed by atoms with Crippen molar-refractivity contribution in [2.24, 2.45) is 0 Å². The highest BCUT2D eigenvalue weighted by atomic mass is 15.1. The third-order valence-electron chi connectivity index (χ3n) is 3.96. The van der Waals surface area contributed by atoms with Crippen LogP contribution in [0.3, 0.4) is 0 Å². The molecular weight excluding hydrogens is 338 g/mol. The number of nitrogens with one attached hydrogen (secondary N) is 2. The van der Waals surface area contributed by atoms with Crippen LogP contribution in [0.2, 0.25) is 0 Å². The molecule has 0 atom stereocenters. The van der Waals surface area contributed by atoms with Crippen molar-refractivity contribution in [2.45, 2.75) is 13.0 Å². The first-order chi connectivity index (χ1) is 13.2. The van der Waals surface area contributed by atoms with Crippen LogP contribution in [0.4, 0.5) is 11.8 Å². The van der Waals surface area contributed by atoms with E-state index in [1.54, 1.807) is 18.6 Å². The van der Waals surface area contributed by atoms with E-state index < -0.39 is 0 Å². The van der Waals surface area contributed by atoms with E-state index in [0.29, 0.717) is 12.5 Å². The van der Waals surface area contributed by atoms with Gasteiger partial charge in [-0.25, -0.2) is 4.98 Å². The number of aromatic nitrogens is 4. The smallest absolute Gasteiger partial charge is 0.225 e. The maximum Gasteiger partial charge on any atom is 0.225 e. The summed E-state index contributed by atoms with van der Waals surface area (Å²) in [5.41, 5.74) is 2.96. The Morgan fingerprint density at radius 2 is 1.81 bits per heavy atom. The second kappa shape index (κ2) is 9.59. The lowest BCUT2D eigenvalue weighted by Crippen LogP contribution is -2.17. The maximum atomic E-state index is 4.66. The van der Waals surface area contributed by atoms with Crippen molar-refractivity contribution in [2.75, 3.05) is 37.8 Å². The van der Waals surface area contributed by atoms with E-state index in [2.05, 4.69) is 49.6 Å². The van der Waals surface area contributed by atoms with Crippen molar-refractivity contribution in [3.8, 4) is 11.3 Å². The fourth-order valence-electron chi connectivity index (χ4n) is 2.58. The third kappa shape index (κ3) is 6.00. The van der Waals surface area contributed by atoms with Gasteiger partial charge in [-0.05, 0) is 50.8 Å². The number of hydrogen-bond donors (Lipinski definition) is 2. The molecule has 0 saturated heterocycles. The Labute approximate surface area is 159 Å². The van der Waals surface area contributed by atoms with E-state index >= 15 is 0 Å². The van der Waals surface area contributed by atoms with Gasteiger partial charge in [-0.3, -0.25) is 9.97 Å². The molecule has 3 aromatic heterocycles. The Bertz CT molecular complexity index is 822. The fourth-order valence-corrected chi connectivity index (χ4v) is 2.58. The second-order valence-corrected chi connectivity index (χ2v) is 6.50. The highest BCUT2D eigenvalue weighted by molar-refractivity contribution is 5.63. The van der Waals surface area contributed by atoms with Crippen LogP contribution in [0.1, 0.15) is 12.0 Å². The van der Waals surface area contributed by atoms with Gasteiger partial charge in [0.1, 0.15) is 5.82 Å². The Balaban J connectivity index is 1.75. The van der Waals surface area contributed by atoms with E-state index in [-0.39, 0.29) is 0 Å². The molecule has 2 N–H and O–H groups in total. The molecule has 0 aromatic carbocycles. The number of pyridine rings is 2. The predicted molar refractivity (Wildman–Crippen MR) is 108 cm³/mol. The van der Waals surface area contributed by atoms with Crippen molar-refractivity contribution in [3.05, 3.63) is 60.7 Å². The number of hydrogen-bond acceptors (Lipinski definition) is 7. The largest absolute Gasteiger partial charge is 0.366 e. The molecule has 0 spiro atoms. The summed E-state index contributed by atoms with van der Waals surface area (Å²) in [7, 11) is 4.14. The molecule has 0 bridgehead atoms. The summed E-state index contributed by atoms with van der Waals surface area (Å²) in [5.74, 6) is 1.40. The van der Waals surface area contributed by atoms with Gasteiger partial charge in [-0.15, -0.1) is 0 Å². The summed E-state index contributed by atoms with van der Waals surface area (Å²) < 4.78 is 0. The Kier molecular flexibility index (Phi) is 6.65. The van der Waals surface area contributed by atoms with E-state index in [9.17, 15) is 0 Å². The van der Waals surface area contributed by atoms with Crippen LogP contribution in [0, 0.1) is 0 Å². The first-order valence-corrected chi connectivity index (χ1v) is 9.01. The molecule has 0 saturated carbocycles. The molecule has 0 unspecified atom stereocenters. The number of nitrogens with zero attached hydrogens (tertiary/aromatic N) is 5. The highest BCUT2D eigenvalue weighted by Crippen LogP contribution is 2.21. The number of anilines is 2. The highest BCUT2D eigenvalue weighted by Gasteiger charge is 2.07. The lowest BCUT2D eigenvalue weighted by molar-refractivity contribution is 0.405. The van der Waals surface area contributed by atoms with Crippen molar-refractivity contribution < 1.29 is 0 Å². The van der Waals surface area contributed by atoms with Gasteiger partial charge in [0.05, 0.1) is 5.69 Å². The van der Waals surface area contributed by atoms with Crippen molar-refractivity contribution >= 4 is 11.8 Å². The maximum absolute atomic E-state index is 4.66. The van der Waals surface area contributed by atoms with Crippen LogP contribution >= 0.6 is 0 Å². The Morgan fingerprint density at radius 1 is 0.963 bits per heavy atom. The van der Waals surface area contributed by atoms with Crippen molar-refractivity contribution in [1.82, 2.24) is 24.8 Å². The van der Waals surface area contributed by atoms with E-state index in [1.807, 2.05) is 36.5 Å². The van der Waals surface area contributed by atoms with Crippen LogP contribution in [-0.4, -0.2) is 52.0 Å². The van der Waals surface area contributed by atoms with Crippen molar-refractivity contribution in [1.29, 1.82) is 0 Å². The monoisotopic (exact) mass is 363 g/mol. The zero-order valence-corrected chi connectivity index (χ0v) is 15.8. The molecule has 3 rings (SSSR count). The molecule has 0 radical (unpaired) electrons. The van der Waals surface area contributed by atoms with Crippen LogP contribution in [0.25, 0.3) is 11.3 Å². The average molecular weight is 363 g/mol. The van der Waals surface area contributed by atoms with Gasteiger partial charge in [0, 0.05) is 49.5 Å².